The van der Waals surface area contributed by atoms with Crippen molar-refractivity contribution in [3.63, 3.8) is 0 Å². The number of aromatic nitrogens is 1. The molecule has 3 heterocycles. The molecule has 8 nitrogen and oxygen atoms in total. The van der Waals surface area contributed by atoms with Crippen LogP contribution >= 0.6 is 11.3 Å². The molecule has 1 aromatic carbocycles. The van der Waals surface area contributed by atoms with E-state index in [-0.39, 0.29) is 11.4 Å². The van der Waals surface area contributed by atoms with E-state index in [0.717, 1.165) is 62.9 Å². The number of nitrogens with zero attached hydrogens (tertiary/aromatic N) is 3. The molecule has 4 rings (SSSR count). The lowest BCUT2D eigenvalue weighted by Gasteiger charge is -2.48. The van der Waals surface area contributed by atoms with Crippen molar-refractivity contribution in [2.24, 2.45) is 0 Å². The molecule has 2 aliphatic heterocycles. The Morgan fingerprint density at radius 2 is 1.68 bits per heavy atom. The molecule has 0 bridgehead atoms. The van der Waals surface area contributed by atoms with Gasteiger partial charge in [0.25, 0.3) is 0 Å². The van der Waals surface area contributed by atoms with E-state index in [2.05, 4.69) is 14.8 Å². The molecule has 1 aromatic heterocycles. The molecular formula is C22H24F7N3O5S. The van der Waals surface area contributed by atoms with Crippen LogP contribution in [0.3, 0.4) is 0 Å². The van der Waals surface area contributed by atoms with E-state index in [1.165, 1.54) is 6.07 Å². The Labute approximate surface area is 216 Å². The summed E-state index contributed by atoms with van der Waals surface area (Å²) in [6.07, 6.45) is -6.17. The number of morpholine rings is 1. The summed E-state index contributed by atoms with van der Waals surface area (Å²) in [6, 6.07) is 6.88. The Bertz CT molecular complexity index is 1020. The minimum atomic E-state index is -5.08. The fourth-order valence-electron chi connectivity index (χ4n) is 3.82. The van der Waals surface area contributed by atoms with E-state index in [4.69, 9.17) is 24.5 Å². The molecule has 2 aliphatic rings. The first-order chi connectivity index (χ1) is 17.6. The van der Waals surface area contributed by atoms with Crippen LogP contribution in [0.25, 0.3) is 0 Å². The summed E-state index contributed by atoms with van der Waals surface area (Å²) in [4.78, 5) is 26.9. The standard InChI is InChI=1S/C18H22FN3OS.2C2HF3O2/c19-15-3-1-4-16(11-15)22-7-2-5-18(14-22)13-21(8-9-23-18)12-17-20-6-10-24-17;2*3-2(4,5)1(6)7/h1,3-4,6,10-11H,2,5,7-9,12-14H2;2*(H,6,7). The molecule has 38 heavy (non-hydrogen) atoms. The van der Waals surface area contributed by atoms with Crippen LogP contribution in [0.1, 0.15) is 17.8 Å². The Morgan fingerprint density at radius 1 is 1.05 bits per heavy atom. The molecule has 2 fully saturated rings. The summed E-state index contributed by atoms with van der Waals surface area (Å²) in [5.41, 5.74) is 0.801. The van der Waals surface area contributed by atoms with Crippen LogP contribution in [-0.2, 0) is 20.9 Å². The lowest BCUT2D eigenvalue weighted by molar-refractivity contribution is -0.193. The van der Waals surface area contributed by atoms with Gasteiger partial charge in [-0.2, -0.15) is 26.3 Å². The molecule has 16 heteroatoms. The number of hydrogen-bond acceptors (Lipinski definition) is 7. The lowest BCUT2D eigenvalue weighted by atomic mass is 9.90. The second-order valence-electron chi connectivity index (χ2n) is 8.28. The van der Waals surface area contributed by atoms with Crippen LogP contribution in [-0.4, -0.2) is 82.8 Å². The van der Waals surface area contributed by atoms with Crippen molar-refractivity contribution in [3.8, 4) is 0 Å². The van der Waals surface area contributed by atoms with Crippen LogP contribution in [0.2, 0.25) is 0 Å². The molecule has 2 N–H and O–H groups in total. The molecule has 1 atom stereocenters. The van der Waals surface area contributed by atoms with Gasteiger partial charge in [-0.25, -0.2) is 19.0 Å². The summed E-state index contributed by atoms with van der Waals surface area (Å²) in [6.45, 7) is 5.29. The molecule has 2 aromatic rings. The number of alkyl halides is 6. The van der Waals surface area contributed by atoms with Crippen LogP contribution in [0, 0.1) is 5.82 Å². The van der Waals surface area contributed by atoms with Gasteiger partial charge < -0.3 is 19.8 Å². The number of carbonyl (C=O) groups is 2. The lowest BCUT2D eigenvalue weighted by Crippen LogP contribution is -2.59. The van der Waals surface area contributed by atoms with Crippen molar-refractivity contribution < 1.29 is 55.3 Å². The predicted octanol–water partition coefficient (Wildman–Crippen LogP) is 4.42. The van der Waals surface area contributed by atoms with Gasteiger partial charge in [0.1, 0.15) is 10.8 Å². The molecule has 0 amide bonds. The average molecular weight is 576 g/mol. The number of aliphatic carboxylic acids is 2. The average Bonchev–Trinajstić information content (AvgIpc) is 3.32. The van der Waals surface area contributed by atoms with Crippen molar-refractivity contribution in [1.29, 1.82) is 0 Å². The zero-order valence-electron chi connectivity index (χ0n) is 19.6. The highest BCUT2D eigenvalue weighted by molar-refractivity contribution is 7.09. The van der Waals surface area contributed by atoms with Crippen molar-refractivity contribution in [2.45, 2.75) is 37.3 Å². The number of thiazole rings is 1. The van der Waals surface area contributed by atoms with Gasteiger partial charge in [0.05, 0.1) is 18.8 Å². The number of ether oxygens (including phenoxy) is 1. The first kappa shape index (κ1) is 31.2. The van der Waals surface area contributed by atoms with Crippen LogP contribution in [0.4, 0.5) is 36.4 Å². The Kier molecular flexibility index (Phi) is 10.8. The highest BCUT2D eigenvalue weighted by Gasteiger charge is 2.41. The minimum Gasteiger partial charge on any atom is -0.475 e. The maximum Gasteiger partial charge on any atom is 0.490 e. The topological polar surface area (TPSA) is 103 Å². The minimum absolute atomic E-state index is 0.153. The van der Waals surface area contributed by atoms with Gasteiger partial charge in [-0.1, -0.05) is 6.07 Å². The third-order valence-electron chi connectivity index (χ3n) is 5.37. The van der Waals surface area contributed by atoms with E-state index in [1.54, 1.807) is 23.5 Å². The molecule has 1 spiro atoms. The summed E-state index contributed by atoms with van der Waals surface area (Å²) < 4.78 is 83.3. The van der Waals surface area contributed by atoms with Gasteiger partial charge in [0.15, 0.2) is 0 Å². The third kappa shape index (κ3) is 10.1. The fourth-order valence-corrected chi connectivity index (χ4v) is 4.48. The highest BCUT2D eigenvalue weighted by atomic mass is 32.1. The molecule has 0 aliphatic carbocycles. The normalized spacial score (nSPS) is 20.1. The number of halogens is 7. The highest BCUT2D eigenvalue weighted by Crippen LogP contribution is 2.32. The van der Waals surface area contributed by atoms with Crippen LogP contribution in [0.15, 0.2) is 35.8 Å². The number of anilines is 1. The molecule has 1 unspecified atom stereocenters. The summed E-state index contributed by atoms with van der Waals surface area (Å²) in [5.74, 6) is -5.69. The predicted molar refractivity (Wildman–Crippen MR) is 121 cm³/mol. The van der Waals surface area contributed by atoms with Crippen LogP contribution < -0.4 is 4.90 Å². The molecule has 0 radical (unpaired) electrons. The summed E-state index contributed by atoms with van der Waals surface area (Å²) >= 11 is 1.70. The van der Waals surface area contributed by atoms with Crippen LogP contribution in [0.5, 0.6) is 0 Å². The molecular weight excluding hydrogens is 551 g/mol. The second kappa shape index (κ2) is 13.2. The monoisotopic (exact) mass is 575 g/mol. The van der Waals surface area contributed by atoms with Crippen molar-refractivity contribution in [1.82, 2.24) is 9.88 Å². The summed E-state index contributed by atoms with van der Waals surface area (Å²) in [7, 11) is 0. The van der Waals surface area contributed by atoms with E-state index < -0.39 is 24.3 Å². The number of carboxylic acid groups (broad SMARTS) is 2. The number of rotatable bonds is 3. The maximum atomic E-state index is 13.6. The van der Waals surface area contributed by atoms with Crippen molar-refractivity contribution in [3.05, 3.63) is 46.7 Å². The second-order valence-corrected chi connectivity index (χ2v) is 9.26. The van der Waals surface area contributed by atoms with E-state index in [9.17, 15) is 30.7 Å². The van der Waals surface area contributed by atoms with Gasteiger partial charge in [-0.05, 0) is 31.0 Å². The Hall–Kier alpha value is -2.98. The fraction of sp³-hybridized carbons (Fsp3) is 0.500. The number of piperidine rings is 1. The van der Waals surface area contributed by atoms with Gasteiger partial charge >= 0.3 is 24.3 Å². The van der Waals surface area contributed by atoms with Gasteiger partial charge in [0, 0.05) is 43.4 Å². The Morgan fingerprint density at radius 3 is 2.21 bits per heavy atom. The molecule has 2 saturated heterocycles. The first-order valence-corrected chi connectivity index (χ1v) is 11.8. The van der Waals surface area contributed by atoms with Crippen molar-refractivity contribution in [2.75, 3.05) is 37.7 Å². The Balaban J connectivity index is 0.000000301. The van der Waals surface area contributed by atoms with E-state index >= 15 is 0 Å². The van der Waals surface area contributed by atoms with Gasteiger partial charge in [0.2, 0.25) is 0 Å². The first-order valence-electron chi connectivity index (χ1n) is 11.0. The number of carboxylic acids is 2. The zero-order valence-corrected chi connectivity index (χ0v) is 20.5. The number of benzene rings is 1. The quantitative estimate of drug-likeness (QED) is 0.519. The van der Waals surface area contributed by atoms with Gasteiger partial charge in [-0.15, -0.1) is 11.3 Å². The largest absolute Gasteiger partial charge is 0.490 e. The maximum absolute atomic E-state index is 13.6. The third-order valence-corrected chi connectivity index (χ3v) is 6.13. The van der Waals surface area contributed by atoms with E-state index in [1.807, 2.05) is 17.6 Å². The van der Waals surface area contributed by atoms with Crippen molar-refractivity contribution >= 4 is 29.0 Å². The smallest absolute Gasteiger partial charge is 0.475 e. The molecule has 212 valence electrons. The van der Waals surface area contributed by atoms with Gasteiger partial charge in [-0.3, -0.25) is 4.90 Å². The summed E-state index contributed by atoms with van der Waals surface area (Å²) in [5, 5.41) is 17.4. The number of hydrogen-bond donors (Lipinski definition) is 2. The van der Waals surface area contributed by atoms with E-state index in [0.29, 0.717) is 0 Å². The SMILES string of the molecule is Fc1cccc(N2CCCC3(CN(Cc4nccs4)CCO3)C2)c1.O=C(O)C(F)(F)F.O=C(O)C(F)(F)F. The zero-order chi connectivity index (χ0) is 28.6. The molecule has 0 saturated carbocycles.